The van der Waals surface area contributed by atoms with E-state index in [1.54, 1.807) is 54.3 Å². The molecule has 2 aliphatic heterocycles. The van der Waals surface area contributed by atoms with Gasteiger partial charge in [0.15, 0.2) is 0 Å². The highest BCUT2D eigenvalue weighted by atomic mass is 16.5. The molecule has 2 aromatic rings. The molecule has 9 nitrogen and oxygen atoms in total. The van der Waals surface area contributed by atoms with Crippen molar-refractivity contribution in [2.45, 2.75) is 18.4 Å². The monoisotopic (exact) mass is 413 g/mol. The molecule has 0 radical (unpaired) electrons. The number of rotatable bonds is 4. The van der Waals surface area contributed by atoms with Gasteiger partial charge in [-0.25, -0.2) is 0 Å². The van der Waals surface area contributed by atoms with Gasteiger partial charge in [-0.3, -0.25) is 14.3 Å². The number of benzene rings is 1. The molecular formula is C21H27N5O4. The van der Waals surface area contributed by atoms with Crippen molar-refractivity contribution in [2.75, 3.05) is 45.7 Å². The number of hydrogen-bond donors (Lipinski definition) is 1. The topological polar surface area (TPSA) is 88.9 Å². The SMILES string of the molecule is COc1ccc2c(c1)OC1(CCN(C)CC1)CN(CC(=O)Nc1cnn(C)c1)C2=O. The molecular weight excluding hydrogens is 386 g/mol. The standard InChI is InChI=1S/C21H27N5O4/c1-24-8-6-21(7-9-24)14-26(13-19(27)23-15-11-22-25(2)12-15)20(28)17-5-4-16(29-3)10-18(17)30-21/h4-5,10-12H,6-9,13-14H2,1-3H3,(H,23,27). The maximum atomic E-state index is 13.3. The number of fused-ring (bicyclic) bond motifs is 1. The molecule has 30 heavy (non-hydrogen) atoms. The van der Waals surface area contributed by atoms with E-state index >= 15 is 0 Å². The molecule has 0 bridgehead atoms. The lowest BCUT2D eigenvalue weighted by molar-refractivity contribution is -0.117. The van der Waals surface area contributed by atoms with Gasteiger partial charge in [-0.2, -0.15) is 5.10 Å². The van der Waals surface area contributed by atoms with Crippen LogP contribution in [-0.4, -0.2) is 77.3 Å². The van der Waals surface area contributed by atoms with Gasteiger partial charge in [0.05, 0.1) is 31.1 Å². The average Bonchev–Trinajstić information content (AvgIpc) is 3.09. The summed E-state index contributed by atoms with van der Waals surface area (Å²) in [5.74, 6) is 0.660. The zero-order valence-corrected chi connectivity index (χ0v) is 17.6. The molecule has 1 aromatic carbocycles. The average molecular weight is 413 g/mol. The minimum atomic E-state index is -0.533. The van der Waals surface area contributed by atoms with Crippen molar-refractivity contribution < 1.29 is 19.1 Å². The molecule has 3 heterocycles. The van der Waals surface area contributed by atoms with Crippen LogP contribution >= 0.6 is 0 Å². The first-order chi connectivity index (χ1) is 14.4. The Hall–Kier alpha value is -3.07. The predicted octanol–water partition coefficient (Wildman–Crippen LogP) is 1.37. The number of carbonyl (C=O) groups excluding carboxylic acids is 2. The minimum Gasteiger partial charge on any atom is -0.497 e. The van der Waals surface area contributed by atoms with Gasteiger partial charge < -0.3 is 24.6 Å². The van der Waals surface area contributed by atoms with Gasteiger partial charge in [-0.1, -0.05) is 0 Å². The first kappa shape index (κ1) is 20.2. The number of aryl methyl sites for hydroxylation is 1. The summed E-state index contributed by atoms with van der Waals surface area (Å²) in [5, 5.41) is 6.86. The van der Waals surface area contributed by atoms with Gasteiger partial charge in [0.2, 0.25) is 5.91 Å². The van der Waals surface area contributed by atoms with Crippen molar-refractivity contribution in [3.63, 3.8) is 0 Å². The van der Waals surface area contributed by atoms with Gasteiger partial charge in [0, 0.05) is 45.2 Å². The van der Waals surface area contributed by atoms with Crippen molar-refractivity contribution in [1.82, 2.24) is 19.6 Å². The Bertz CT molecular complexity index is 949. The summed E-state index contributed by atoms with van der Waals surface area (Å²) in [6, 6.07) is 5.20. The Morgan fingerprint density at radius 1 is 1.30 bits per heavy atom. The Morgan fingerprint density at radius 2 is 2.07 bits per heavy atom. The number of nitrogens with zero attached hydrogens (tertiary/aromatic N) is 4. The molecule has 160 valence electrons. The van der Waals surface area contributed by atoms with Gasteiger partial charge >= 0.3 is 0 Å². The van der Waals surface area contributed by atoms with Crippen molar-refractivity contribution in [2.24, 2.45) is 7.05 Å². The van der Waals surface area contributed by atoms with E-state index in [9.17, 15) is 9.59 Å². The maximum absolute atomic E-state index is 13.3. The second-order valence-electron chi connectivity index (χ2n) is 8.06. The zero-order valence-electron chi connectivity index (χ0n) is 17.6. The lowest BCUT2D eigenvalue weighted by Gasteiger charge is -2.41. The molecule has 1 saturated heterocycles. The number of anilines is 1. The number of amides is 2. The van der Waals surface area contributed by atoms with Crippen LogP contribution in [0.15, 0.2) is 30.6 Å². The van der Waals surface area contributed by atoms with E-state index in [1.165, 1.54) is 0 Å². The highest BCUT2D eigenvalue weighted by Gasteiger charge is 2.43. The molecule has 2 aliphatic rings. The Morgan fingerprint density at radius 3 is 2.73 bits per heavy atom. The van der Waals surface area contributed by atoms with Gasteiger partial charge in [0.1, 0.15) is 23.6 Å². The molecule has 1 aromatic heterocycles. The van der Waals surface area contributed by atoms with E-state index in [-0.39, 0.29) is 18.4 Å². The minimum absolute atomic E-state index is 0.0554. The summed E-state index contributed by atoms with van der Waals surface area (Å²) >= 11 is 0. The third-order valence-corrected chi connectivity index (χ3v) is 5.73. The third-order valence-electron chi connectivity index (χ3n) is 5.73. The van der Waals surface area contributed by atoms with Gasteiger partial charge in [-0.15, -0.1) is 0 Å². The maximum Gasteiger partial charge on any atom is 0.258 e. The molecule has 0 unspecified atom stereocenters. The summed E-state index contributed by atoms with van der Waals surface area (Å²) in [6.45, 7) is 2.03. The van der Waals surface area contributed by atoms with Crippen LogP contribution in [0, 0.1) is 0 Å². The Kier molecular flexibility index (Phi) is 5.38. The molecule has 4 rings (SSSR count). The highest BCUT2D eigenvalue weighted by molar-refractivity contribution is 6.01. The van der Waals surface area contributed by atoms with E-state index in [0.29, 0.717) is 29.3 Å². The van der Waals surface area contributed by atoms with E-state index < -0.39 is 5.60 Å². The zero-order chi connectivity index (χ0) is 21.3. The Labute approximate surface area is 175 Å². The first-order valence-electron chi connectivity index (χ1n) is 10.0. The van der Waals surface area contributed by atoms with E-state index in [1.807, 2.05) is 0 Å². The molecule has 0 saturated carbocycles. The molecule has 1 spiro atoms. The van der Waals surface area contributed by atoms with Crippen LogP contribution in [0.2, 0.25) is 0 Å². The van der Waals surface area contributed by atoms with Crippen LogP contribution in [0.25, 0.3) is 0 Å². The van der Waals surface area contributed by atoms with Crippen molar-refractivity contribution in [3.05, 3.63) is 36.2 Å². The van der Waals surface area contributed by atoms with Crippen LogP contribution in [0.4, 0.5) is 5.69 Å². The second kappa shape index (κ2) is 7.98. The third kappa shape index (κ3) is 4.11. The number of carbonyl (C=O) groups is 2. The number of aromatic nitrogens is 2. The van der Waals surface area contributed by atoms with E-state index in [4.69, 9.17) is 9.47 Å². The number of methoxy groups -OCH3 is 1. The molecule has 0 aliphatic carbocycles. The fourth-order valence-corrected chi connectivity index (χ4v) is 4.02. The van der Waals surface area contributed by atoms with Crippen LogP contribution in [0.1, 0.15) is 23.2 Å². The quantitative estimate of drug-likeness (QED) is 0.814. The molecule has 1 fully saturated rings. The van der Waals surface area contributed by atoms with E-state index in [0.717, 1.165) is 25.9 Å². The van der Waals surface area contributed by atoms with Crippen LogP contribution in [0.3, 0.4) is 0 Å². The number of hydrogen-bond acceptors (Lipinski definition) is 6. The van der Waals surface area contributed by atoms with Crippen LogP contribution < -0.4 is 14.8 Å². The fraction of sp³-hybridized carbons (Fsp3) is 0.476. The lowest BCUT2D eigenvalue weighted by Crippen LogP contribution is -2.54. The lowest BCUT2D eigenvalue weighted by atomic mass is 9.90. The Balaban J connectivity index is 1.61. The largest absolute Gasteiger partial charge is 0.497 e. The highest BCUT2D eigenvalue weighted by Crippen LogP contribution is 2.37. The van der Waals surface area contributed by atoms with Crippen LogP contribution in [-0.2, 0) is 11.8 Å². The molecule has 0 atom stereocenters. The fourth-order valence-electron chi connectivity index (χ4n) is 4.02. The number of ether oxygens (including phenoxy) is 2. The summed E-state index contributed by atoms with van der Waals surface area (Å²) in [4.78, 5) is 29.8. The predicted molar refractivity (Wildman–Crippen MR) is 111 cm³/mol. The summed E-state index contributed by atoms with van der Waals surface area (Å²) in [5.41, 5.74) is 0.509. The summed E-state index contributed by atoms with van der Waals surface area (Å²) in [6.07, 6.45) is 4.83. The number of piperidine rings is 1. The van der Waals surface area contributed by atoms with Crippen molar-refractivity contribution in [1.29, 1.82) is 0 Å². The normalized spacial score (nSPS) is 18.5. The van der Waals surface area contributed by atoms with Crippen molar-refractivity contribution >= 4 is 17.5 Å². The number of likely N-dealkylation sites (tertiary alicyclic amines) is 1. The molecule has 2 amide bonds. The molecule has 1 N–H and O–H groups in total. The van der Waals surface area contributed by atoms with Crippen LogP contribution in [0.5, 0.6) is 11.5 Å². The summed E-state index contributed by atoms with van der Waals surface area (Å²) < 4.78 is 13.4. The van der Waals surface area contributed by atoms with Gasteiger partial charge in [-0.05, 0) is 19.2 Å². The molecule has 9 heteroatoms. The van der Waals surface area contributed by atoms with E-state index in [2.05, 4.69) is 22.4 Å². The summed E-state index contributed by atoms with van der Waals surface area (Å²) in [7, 11) is 5.44. The number of nitrogens with one attached hydrogen (secondary N) is 1. The smallest absolute Gasteiger partial charge is 0.258 e. The van der Waals surface area contributed by atoms with Crippen molar-refractivity contribution in [3.8, 4) is 11.5 Å². The second-order valence-corrected chi connectivity index (χ2v) is 8.06. The van der Waals surface area contributed by atoms with Gasteiger partial charge in [0.25, 0.3) is 5.91 Å². The first-order valence-corrected chi connectivity index (χ1v) is 10.0.